The summed E-state index contributed by atoms with van der Waals surface area (Å²) < 4.78 is 33.4. The molecule has 1 unspecified atom stereocenters. The molecule has 0 aliphatic carbocycles. The van der Waals surface area contributed by atoms with Crippen LogP contribution in [0.25, 0.3) is 0 Å². The molecule has 0 bridgehead atoms. The molecule has 2 aliphatic heterocycles. The minimum atomic E-state index is -3.64. The Bertz CT molecular complexity index is 1240. The average Bonchev–Trinajstić information content (AvgIpc) is 3.44. The summed E-state index contributed by atoms with van der Waals surface area (Å²) in [5.41, 5.74) is 0.445. The lowest BCUT2D eigenvalue weighted by molar-refractivity contribution is -0.134. The summed E-state index contributed by atoms with van der Waals surface area (Å²) in [5.74, 6) is 0.709. The lowest BCUT2D eigenvalue weighted by Gasteiger charge is -2.44. The van der Waals surface area contributed by atoms with Crippen LogP contribution in [0.1, 0.15) is 24.2 Å². The van der Waals surface area contributed by atoms with Crippen LogP contribution in [0.5, 0.6) is 0 Å². The zero-order valence-electron chi connectivity index (χ0n) is 18.6. The van der Waals surface area contributed by atoms with Gasteiger partial charge in [-0.05, 0) is 61.2 Å². The first-order chi connectivity index (χ1) is 16.4. The summed E-state index contributed by atoms with van der Waals surface area (Å²) in [7, 11) is -3.64. The van der Waals surface area contributed by atoms with Gasteiger partial charge in [0, 0.05) is 18.1 Å². The molecule has 178 valence electrons. The maximum Gasteiger partial charge on any atom is 0.243 e. The number of nitrogens with zero attached hydrogens (tertiary/aromatic N) is 2. The number of nitrogens with one attached hydrogen (secondary N) is 1. The normalized spacial score (nSPS) is 20.8. The Morgan fingerprint density at radius 2 is 1.71 bits per heavy atom. The minimum absolute atomic E-state index is 0.00858. The molecule has 34 heavy (non-hydrogen) atoms. The molecule has 1 N–H and O–H groups in total. The van der Waals surface area contributed by atoms with E-state index in [1.807, 2.05) is 41.3 Å². The van der Waals surface area contributed by atoms with Gasteiger partial charge >= 0.3 is 0 Å². The fraction of sp³-hybridized carbons (Fsp3) is 0.320. The Balaban J connectivity index is 1.37. The maximum absolute atomic E-state index is 13.5. The average molecular weight is 500 g/mol. The van der Waals surface area contributed by atoms with Crippen LogP contribution in [0.2, 0.25) is 5.02 Å². The molecule has 9 heteroatoms. The third-order valence-corrected chi connectivity index (χ3v) is 8.87. The van der Waals surface area contributed by atoms with Crippen LogP contribution >= 0.6 is 11.6 Å². The number of halogens is 1. The molecule has 7 nitrogen and oxygen atoms in total. The van der Waals surface area contributed by atoms with E-state index in [-0.39, 0.29) is 16.8 Å². The molecular formula is C25H26ClN3O4S. The van der Waals surface area contributed by atoms with E-state index < -0.39 is 15.7 Å². The number of sulfonamides is 1. The number of hydrogen-bond donors (Lipinski definition) is 1. The van der Waals surface area contributed by atoms with Crippen LogP contribution in [-0.4, -0.2) is 48.3 Å². The van der Waals surface area contributed by atoms with E-state index in [1.165, 1.54) is 16.4 Å². The van der Waals surface area contributed by atoms with E-state index >= 15 is 0 Å². The lowest BCUT2D eigenvalue weighted by atomic mass is 9.97. The molecule has 1 aromatic heterocycles. The number of hydrogen-bond acceptors (Lipinski definition) is 5. The molecule has 1 amide bonds. The summed E-state index contributed by atoms with van der Waals surface area (Å²) in [4.78, 5) is 15.6. The van der Waals surface area contributed by atoms with Crippen molar-refractivity contribution in [1.29, 1.82) is 0 Å². The molecule has 5 rings (SSSR count). The second-order valence-electron chi connectivity index (χ2n) is 8.78. The number of carbonyl (C=O) groups is 1. The van der Waals surface area contributed by atoms with Gasteiger partial charge in [-0.3, -0.25) is 10.1 Å². The topological polar surface area (TPSA) is 82.9 Å². The first-order valence-corrected chi connectivity index (χ1v) is 13.1. The summed E-state index contributed by atoms with van der Waals surface area (Å²) in [6, 6.07) is 19.4. The second kappa shape index (κ2) is 9.19. The number of amides is 1. The van der Waals surface area contributed by atoms with Crippen LogP contribution in [0.4, 0.5) is 0 Å². The Hall–Kier alpha value is -2.65. The third kappa shape index (κ3) is 4.38. The lowest BCUT2D eigenvalue weighted by Crippen LogP contribution is -2.59. The van der Waals surface area contributed by atoms with Gasteiger partial charge in [-0.1, -0.05) is 41.9 Å². The zero-order valence-corrected chi connectivity index (χ0v) is 20.1. The quantitative estimate of drug-likeness (QED) is 0.559. The Kier molecular flexibility index (Phi) is 6.24. The monoisotopic (exact) mass is 499 g/mol. The van der Waals surface area contributed by atoms with Gasteiger partial charge in [0.1, 0.15) is 5.76 Å². The fourth-order valence-corrected chi connectivity index (χ4v) is 6.47. The Morgan fingerprint density at radius 1 is 1.00 bits per heavy atom. The van der Waals surface area contributed by atoms with E-state index in [2.05, 4.69) is 5.32 Å². The van der Waals surface area contributed by atoms with Crippen molar-refractivity contribution in [2.75, 3.05) is 13.1 Å². The first-order valence-electron chi connectivity index (χ1n) is 11.3. The van der Waals surface area contributed by atoms with Crippen molar-refractivity contribution in [1.82, 2.24) is 14.5 Å². The van der Waals surface area contributed by atoms with E-state index in [1.54, 1.807) is 24.5 Å². The molecule has 1 atom stereocenters. The molecular weight excluding hydrogens is 474 g/mol. The highest BCUT2D eigenvalue weighted by Crippen LogP contribution is 2.36. The summed E-state index contributed by atoms with van der Waals surface area (Å²) >= 11 is 5.93. The van der Waals surface area contributed by atoms with Crippen molar-refractivity contribution in [3.05, 3.63) is 89.3 Å². The standard InChI is InChI=1S/C25H26ClN3O4S/c26-20-8-10-22(11-9-20)34(31,32)28-14-12-25(13-15-28)27-23(17-19-5-2-1-3-6-19)24(30)29(25)18-21-7-4-16-33-21/h1-11,16,23,27H,12-15,17-18H2. The van der Waals surface area contributed by atoms with E-state index in [4.69, 9.17) is 16.0 Å². The van der Waals surface area contributed by atoms with Crippen molar-refractivity contribution in [3.8, 4) is 0 Å². The predicted octanol–water partition coefficient (Wildman–Crippen LogP) is 3.66. The van der Waals surface area contributed by atoms with Crippen LogP contribution in [0.15, 0.2) is 82.3 Å². The molecule has 3 heterocycles. The van der Waals surface area contributed by atoms with E-state index in [9.17, 15) is 13.2 Å². The van der Waals surface area contributed by atoms with Gasteiger partial charge in [0.05, 0.1) is 29.4 Å². The minimum Gasteiger partial charge on any atom is -0.467 e. The van der Waals surface area contributed by atoms with Crippen LogP contribution in [0, 0.1) is 0 Å². The Morgan fingerprint density at radius 3 is 2.35 bits per heavy atom. The number of carbonyl (C=O) groups excluding carboxylic acids is 1. The fourth-order valence-electron chi connectivity index (χ4n) is 4.91. The highest BCUT2D eigenvalue weighted by molar-refractivity contribution is 7.89. The van der Waals surface area contributed by atoms with Gasteiger partial charge in [0.2, 0.25) is 15.9 Å². The van der Waals surface area contributed by atoms with Crippen molar-refractivity contribution in [2.45, 2.75) is 42.4 Å². The number of rotatable bonds is 6. The SMILES string of the molecule is O=C1C(Cc2ccccc2)NC2(CCN(S(=O)(=O)c3ccc(Cl)cc3)CC2)N1Cc1ccco1. The van der Waals surface area contributed by atoms with Gasteiger partial charge in [-0.15, -0.1) is 0 Å². The van der Waals surface area contributed by atoms with Gasteiger partial charge in [-0.2, -0.15) is 4.31 Å². The maximum atomic E-state index is 13.5. The van der Waals surface area contributed by atoms with E-state index in [0.717, 1.165) is 5.56 Å². The van der Waals surface area contributed by atoms with Gasteiger partial charge < -0.3 is 9.32 Å². The first kappa shape index (κ1) is 23.1. The molecule has 1 spiro atoms. The highest BCUT2D eigenvalue weighted by Gasteiger charge is 2.52. The number of benzene rings is 2. The molecule has 2 aliphatic rings. The number of piperidine rings is 1. The molecule has 0 saturated carbocycles. The van der Waals surface area contributed by atoms with Crippen molar-refractivity contribution in [2.24, 2.45) is 0 Å². The highest BCUT2D eigenvalue weighted by atomic mass is 35.5. The molecule has 3 aromatic rings. The Labute approximate surface area is 204 Å². The summed E-state index contributed by atoms with van der Waals surface area (Å²) in [6.45, 7) is 0.948. The zero-order chi connectivity index (χ0) is 23.8. The molecule has 2 aromatic carbocycles. The van der Waals surface area contributed by atoms with Crippen LogP contribution < -0.4 is 5.32 Å². The predicted molar refractivity (Wildman–Crippen MR) is 129 cm³/mol. The largest absolute Gasteiger partial charge is 0.467 e. The van der Waals surface area contributed by atoms with Crippen molar-refractivity contribution >= 4 is 27.5 Å². The van der Waals surface area contributed by atoms with Crippen molar-refractivity contribution in [3.63, 3.8) is 0 Å². The smallest absolute Gasteiger partial charge is 0.243 e. The van der Waals surface area contributed by atoms with Gasteiger partial charge in [-0.25, -0.2) is 8.42 Å². The second-order valence-corrected chi connectivity index (χ2v) is 11.2. The molecule has 2 fully saturated rings. The van der Waals surface area contributed by atoms with Gasteiger partial charge in [0.25, 0.3) is 0 Å². The van der Waals surface area contributed by atoms with Crippen molar-refractivity contribution < 1.29 is 17.6 Å². The number of furan rings is 1. The summed E-state index contributed by atoms with van der Waals surface area (Å²) in [6.07, 6.45) is 3.14. The van der Waals surface area contributed by atoms with Gasteiger partial charge in [0.15, 0.2) is 0 Å². The summed E-state index contributed by atoms with van der Waals surface area (Å²) in [5, 5.41) is 4.07. The molecule has 2 saturated heterocycles. The third-order valence-electron chi connectivity index (χ3n) is 6.70. The van der Waals surface area contributed by atoms with E-state index in [0.29, 0.717) is 49.7 Å². The molecule has 0 radical (unpaired) electrons. The van der Waals surface area contributed by atoms with Crippen LogP contribution in [-0.2, 0) is 27.8 Å². The van der Waals surface area contributed by atoms with Crippen LogP contribution in [0.3, 0.4) is 0 Å².